The van der Waals surface area contributed by atoms with E-state index in [4.69, 9.17) is 23.2 Å². The van der Waals surface area contributed by atoms with Gasteiger partial charge in [-0.25, -0.2) is 14.4 Å². The van der Waals surface area contributed by atoms with Crippen LogP contribution in [0, 0.1) is 19.7 Å². The summed E-state index contributed by atoms with van der Waals surface area (Å²) >= 11 is 12.2. The first-order valence-corrected chi connectivity index (χ1v) is 7.12. The molecular weight excluding hydrogens is 310 g/mol. The van der Waals surface area contributed by atoms with Gasteiger partial charge in [-0.3, -0.25) is 0 Å². The highest BCUT2D eigenvalue weighted by Crippen LogP contribution is 2.32. The summed E-state index contributed by atoms with van der Waals surface area (Å²) in [6.07, 6.45) is 0. The van der Waals surface area contributed by atoms with E-state index in [1.807, 2.05) is 32.0 Å². The molecule has 0 aliphatic carbocycles. The molecule has 0 bridgehead atoms. The molecule has 2 aromatic carbocycles. The van der Waals surface area contributed by atoms with Gasteiger partial charge >= 0.3 is 0 Å². The van der Waals surface area contributed by atoms with E-state index in [1.54, 1.807) is 0 Å². The van der Waals surface area contributed by atoms with Crippen LogP contribution in [0.5, 0.6) is 0 Å². The van der Waals surface area contributed by atoms with Gasteiger partial charge in [0, 0.05) is 5.56 Å². The second kappa shape index (κ2) is 5.24. The summed E-state index contributed by atoms with van der Waals surface area (Å²) in [7, 11) is 0. The largest absolute Gasteiger partial charge is 0.225 e. The number of hydrogen-bond acceptors (Lipinski definition) is 2. The Morgan fingerprint density at radius 2 is 1.76 bits per heavy atom. The lowest BCUT2D eigenvalue weighted by Gasteiger charge is -2.09. The molecule has 0 spiro atoms. The molecule has 2 nitrogen and oxygen atoms in total. The summed E-state index contributed by atoms with van der Waals surface area (Å²) < 4.78 is 14.0. The zero-order valence-corrected chi connectivity index (χ0v) is 12.9. The fourth-order valence-electron chi connectivity index (χ4n) is 2.31. The molecule has 0 aliphatic heterocycles. The molecule has 0 amide bonds. The monoisotopic (exact) mass is 320 g/mol. The van der Waals surface area contributed by atoms with Crippen LogP contribution in [0.15, 0.2) is 30.3 Å². The van der Waals surface area contributed by atoms with Crippen LogP contribution in [-0.4, -0.2) is 9.97 Å². The van der Waals surface area contributed by atoms with E-state index < -0.39 is 5.82 Å². The van der Waals surface area contributed by atoms with Crippen molar-refractivity contribution in [3.05, 3.63) is 57.5 Å². The Kier molecular flexibility index (Phi) is 3.56. The first-order valence-electron chi connectivity index (χ1n) is 6.36. The second-order valence-corrected chi connectivity index (χ2v) is 5.67. The quantitative estimate of drug-likeness (QED) is 0.564. The van der Waals surface area contributed by atoms with Crippen molar-refractivity contribution in [2.24, 2.45) is 0 Å². The molecule has 5 heteroatoms. The molecule has 21 heavy (non-hydrogen) atoms. The van der Waals surface area contributed by atoms with Crippen molar-refractivity contribution in [2.45, 2.75) is 13.8 Å². The lowest BCUT2D eigenvalue weighted by atomic mass is 10.1. The smallest absolute Gasteiger partial charge is 0.161 e. The lowest BCUT2D eigenvalue weighted by Crippen LogP contribution is -1.96. The van der Waals surface area contributed by atoms with Gasteiger partial charge < -0.3 is 0 Å². The fourth-order valence-corrected chi connectivity index (χ4v) is 2.87. The van der Waals surface area contributed by atoms with E-state index in [9.17, 15) is 4.39 Å². The molecule has 106 valence electrons. The molecule has 3 rings (SSSR count). The van der Waals surface area contributed by atoms with Crippen molar-refractivity contribution in [1.29, 1.82) is 0 Å². The normalized spacial score (nSPS) is 11.1. The fraction of sp³-hybridized carbons (Fsp3) is 0.125. The van der Waals surface area contributed by atoms with Crippen LogP contribution in [0.2, 0.25) is 10.2 Å². The van der Waals surface area contributed by atoms with Gasteiger partial charge in [0.1, 0.15) is 16.5 Å². The third-order valence-corrected chi connectivity index (χ3v) is 3.92. The predicted molar refractivity (Wildman–Crippen MR) is 84.4 cm³/mol. The zero-order valence-electron chi connectivity index (χ0n) is 11.4. The number of aryl methyl sites for hydroxylation is 2. The van der Waals surface area contributed by atoms with Crippen molar-refractivity contribution in [2.75, 3.05) is 0 Å². The van der Waals surface area contributed by atoms with Gasteiger partial charge in [-0.2, -0.15) is 0 Å². The van der Waals surface area contributed by atoms with Crippen LogP contribution in [-0.2, 0) is 0 Å². The van der Waals surface area contributed by atoms with Gasteiger partial charge in [-0.1, -0.05) is 47.0 Å². The highest BCUT2D eigenvalue weighted by atomic mass is 35.5. The van der Waals surface area contributed by atoms with Gasteiger partial charge in [0.25, 0.3) is 0 Å². The van der Waals surface area contributed by atoms with Gasteiger partial charge in [-0.15, -0.1) is 0 Å². The Bertz CT molecular complexity index is 863. The summed E-state index contributed by atoms with van der Waals surface area (Å²) in [6, 6.07) is 8.61. The third kappa shape index (κ3) is 2.47. The van der Waals surface area contributed by atoms with Crippen molar-refractivity contribution >= 4 is 34.1 Å². The minimum atomic E-state index is -0.468. The zero-order chi connectivity index (χ0) is 15.1. The van der Waals surface area contributed by atoms with Crippen molar-refractivity contribution < 1.29 is 4.39 Å². The molecule has 0 atom stereocenters. The minimum absolute atomic E-state index is 0.137. The Morgan fingerprint density at radius 1 is 1.00 bits per heavy atom. The number of fused-ring (bicyclic) bond motifs is 1. The molecule has 1 heterocycles. The Labute approximate surface area is 131 Å². The van der Waals surface area contributed by atoms with Crippen LogP contribution in [0.25, 0.3) is 22.3 Å². The summed E-state index contributed by atoms with van der Waals surface area (Å²) in [6.45, 7) is 3.96. The van der Waals surface area contributed by atoms with Crippen LogP contribution in [0.1, 0.15) is 11.1 Å². The molecule has 0 unspecified atom stereocenters. The maximum atomic E-state index is 14.0. The number of hydrogen-bond donors (Lipinski definition) is 0. The van der Waals surface area contributed by atoms with Gasteiger partial charge in [0.2, 0.25) is 0 Å². The minimum Gasteiger partial charge on any atom is -0.225 e. The van der Waals surface area contributed by atoms with Crippen LogP contribution in [0.3, 0.4) is 0 Å². The Balaban J connectivity index is 2.33. The van der Waals surface area contributed by atoms with Crippen molar-refractivity contribution in [3.8, 4) is 11.4 Å². The highest BCUT2D eigenvalue weighted by Gasteiger charge is 2.15. The summed E-state index contributed by atoms with van der Waals surface area (Å²) in [5, 5.41) is 0.829. The first kappa shape index (κ1) is 14.2. The maximum absolute atomic E-state index is 14.0. The molecule has 3 aromatic rings. The van der Waals surface area contributed by atoms with E-state index in [1.165, 1.54) is 12.1 Å². The van der Waals surface area contributed by atoms with Crippen molar-refractivity contribution in [1.82, 2.24) is 9.97 Å². The molecule has 0 saturated heterocycles. The molecule has 0 radical (unpaired) electrons. The summed E-state index contributed by atoms with van der Waals surface area (Å²) in [4.78, 5) is 8.57. The van der Waals surface area contributed by atoms with Gasteiger partial charge in [0.15, 0.2) is 5.82 Å². The SMILES string of the molecule is Cc1ccc(-c2nc(Cl)c3c(Cl)ccc(F)c3n2)c(C)c1. The van der Waals surface area contributed by atoms with Gasteiger partial charge in [-0.05, 0) is 31.5 Å². The number of nitrogens with zero attached hydrogens (tertiary/aromatic N) is 2. The average molecular weight is 321 g/mol. The van der Waals surface area contributed by atoms with Crippen LogP contribution in [0.4, 0.5) is 4.39 Å². The number of aromatic nitrogens is 2. The highest BCUT2D eigenvalue weighted by molar-refractivity contribution is 6.41. The number of benzene rings is 2. The Morgan fingerprint density at radius 3 is 2.48 bits per heavy atom. The van der Waals surface area contributed by atoms with E-state index in [0.29, 0.717) is 16.2 Å². The number of halogens is 3. The molecule has 0 aliphatic rings. The van der Waals surface area contributed by atoms with E-state index >= 15 is 0 Å². The molecule has 1 aromatic heterocycles. The maximum Gasteiger partial charge on any atom is 0.161 e. The molecular formula is C16H11Cl2FN2. The molecule has 0 fully saturated rings. The van der Waals surface area contributed by atoms with E-state index in [-0.39, 0.29) is 10.7 Å². The standard InChI is InChI=1S/C16H11Cl2FN2/c1-8-3-4-10(9(2)7-8)16-20-14-12(19)6-5-11(17)13(14)15(18)21-16/h3-7H,1-2H3. The number of rotatable bonds is 1. The van der Waals surface area contributed by atoms with E-state index in [0.717, 1.165) is 16.7 Å². The Hall–Kier alpha value is -1.71. The average Bonchev–Trinajstić information content (AvgIpc) is 2.42. The van der Waals surface area contributed by atoms with Gasteiger partial charge in [0.05, 0.1) is 10.4 Å². The van der Waals surface area contributed by atoms with Crippen LogP contribution < -0.4 is 0 Å². The predicted octanol–water partition coefficient (Wildman–Crippen LogP) is 5.36. The summed E-state index contributed by atoms with van der Waals surface area (Å²) in [5.41, 5.74) is 3.10. The van der Waals surface area contributed by atoms with Crippen LogP contribution >= 0.6 is 23.2 Å². The topological polar surface area (TPSA) is 25.8 Å². The second-order valence-electron chi connectivity index (χ2n) is 4.91. The molecule has 0 N–H and O–H groups in total. The first-order chi connectivity index (χ1) is 9.97. The van der Waals surface area contributed by atoms with E-state index in [2.05, 4.69) is 9.97 Å². The third-order valence-electron chi connectivity index (χ3n) is 3.33. The van der Waals surface area contributed by atoms with Crippen molar-refractivity contribution in [3.63, 3.8) is 0 Å². The lowest BCUT2D eigenvalue weighted by molar-refractivity contribution is 0.636. The molecule has 0 saturated carbocycles. The summed E-state index contributed by atoms with van der Waals surface area (Å²) in [5.74, 6) is -0.0733.